The molecule has 13 heteroatoms. The van der Waals surface area contributed by atoms with Crippen molar-refractivity contribution in [1.82, 2.24) is 28.7 Å². The molecule has 0 spiro atoms. The Hall–Kier alpha value is -3.46. The summed E-state index contributed by atoms with van der Waals surface area (Å²) in [5, 5.41) is 1.78. The van der Waals surface area contributed by atoms with E-state index < -0.39 is 10.0 Å². The Bertz CT molecular complexity index is 1910. The van der Waals surface area contributed by atoms with E-state index in [1.165, 1.54) is 10.4 Å². The molecule has 3 aromatic heterocycles. The largest absolute Gasteiger partial charge is 0.379 e. The summed E-state index contributed by atoms with van der Waals surface area (Å²) in [7, 11) is -3.85. The van der Waals surface area contributed by atoms with Gasteiger partial charge in [-0.2, -0.15) is 0 Å². The highest BCUT2D eigenvalue weighted by atomic mass is 32.2. The van der Waals surface area contributed by atoms with Crippen LogP contribution in [0.2, 0.25) is 0 Å². The monoisotopic (exact) mass is 631 g/mol. The summed E-state index contributed by atoms with van der Waals surface area (Å²) in [6, 6.07) is 16.0. The Balaban J connectivity index is 1.30. The molecule has 1 atom stereocenters. The molecule has 0 saturated carbocycles. The van der Waals surface area contributed by atoms with Gasteiger partial charge in [0.2, 0.25) is 0 Å². The molecule has 8 rings (SSSR count). The van der Waals surface area contributed by atoms with Gasteiger partial charge in [-0.25, -0.2) is 27.3 Å². The van der Waals surface area contributed by atoms with E-state index in [2.05, 4.69) is 14.7 Å². The van der Waals surface area contributed by atoms with Crippen LogP contribution >= 0.6 is 11.3 Å². The number of likely N-dealkylation sites (tertiary alicyclic amines) is 1. The Kier molecular flexibility index (Phi) is 7.31. The third-order valence-corrected chi connectivity index (χ3v) is 11.3. The maximum absolute atomic E-state index is 13.8. The first-order chi connectivity index (χ1) is 21.6. The number of aromatic nitrogens is 4. The van der Waals surface area contributed by atoms with Gasteiger partial charge in [-0.3, -0.25) is 9.80 Å². The lowest BCUT2D eigenvalue weighted by Gasteiger charge is -2.44. The number of nitrogens with zero attached hydrogens (tertiary/aromatic N) is 7. The number of para-hydroxylation sites is 1. The number of thiazole rings is 1. The van der Waals surface area contributed by atoms with Gasteiger partial charge in [0.15, 0.2) is 11.6 Å². The van der Waals surface area contributed by atoms with Crippen LogP contribution in [0.15, 0.2) is 65.7 Å². The zero-order valence-corrected chi connectivity index (χ0v) is 25.8. The minimum atomic E-state index is -3.85. The van der Waals surface area contributed by atoms with Gasteiger partial charge in [-0.05, 0) is 24.6 Å². The van der Waals surface area contributed by atoms with Gasteiger partial charge in [0.1, 0.15) is 21.5 Å². The second-order valence-corrected chi connectivity index (χ2v) is 14.1. The fraction of sp³-hybridized carbons (Fsp3) is 0.387. The predicted octanol–water partition coefficient (Wildman–Crippen LogP) is 3.82. The molecule has 44 heavy (non-hydrogen) atoms. The molecule has 6 heterocycles. The van der Waals surface area contributed by atoms with E-state index in [4.69, 9.17) is 24.4 Å². The van der Waals surface area contributed by atoms with Crippen LogP contribution in [0.5, 0.6) is 0 Å². The first kappa shape index (κ1) is 28.0. The van der Waals surface area contributed by atoms with Gasteiger partial charge in [-0.1, -0.05) is 47.7 Å². The van der Waals surface area contributed by atoms with E-state index in [0.717, 1.165) is 52.7 Å². The highest BCUT2D eigenvalue weighted by Crippen LogP contribution is 2.39. The fourth-order valence-electron chi connectivity index (χ4n) is 6.23. The Morgan fingerprint density at radius 1 is 0.773 bits per heavy atom. The lowest BCUT2D eigenvalue weighted by atomic mass is 10.1. The van der Waals surface area contributed by atoms with Gasteiger partial charge < -0.3 is 14.4 Å². The van der Waals surface area contributed by atoms with Crippen molar-refractivity contribution in [2.24, 2.45) is 0 Å². The molecular weight excluding hydrogens is 599 g/mol. The second kappa shape index (κ2) is 11.5. The summed E-state index contributed by atoms with van der Waals surface area (Å²) < 4.78 is 40.3. The van der Waals surface area contributed by atoms with Crippen LogP contribution in [0, 0.1) is 0 Å². The highest BCUT2D eigenvalue weighted by molar-refractivity contribution is 7.90. The summed E-state index contributed by atoms with van der Waals surface area (Å²) >= 11 is 1.61. The van der Waals surface area contributed by atoms with Crippen LogP contribution in [0.25, 0.3) is 32.6 Å². The van der Waals surface area contributed by atoms with Crippen LogP contribution in [-0.4, -0.2) is 103 Å². The van der Waals surface area contributed by atoms with Crippen molar-refractivity contribution >= 4 is 48.4 Å². The molecule has 1 unspecified atom stereocenters. The van der Waals surface area contributed by atoms with Crippen molar-refractivity contribution in [3.05, 3.63) is 65.8 Å². The summed E-state index contributed by atoms with van der Waals surface area (Å²) in [5.74, 6) is 1.25. The van der Waals surface area contributed by atoms with Crippen LogP contribution in [0.3, 0.4) is 0 Å². The van der Waals surface area contributed by atoms with E-state index in [0.29, 0.717) is 56.4 Å². The molecule has 3 saturated heterocycles. The number of hydrogen-bond donors (Lipinski definition) is 0. The Morgan fingerprint density at radius 3 is 2.18 bits per heavy atom. The summed E-state index contributed by atoms with van der Waals surface area (Å²) in [6.45, 7) is 7.85. The molecule has 0 radical (unpaired) electrons. The molecule has 0 amide bonds. The molecule has 2 aromatic carbocycles. The summed E-state index contributed by atoms with van der Waals surface area (Å²) in [6.07, 6.45) is 2.92. The standard InChI is InChI=1S/C31H33N7O4S2/c39-44(40,22-7-2-1-3-8-22)38-21-24(23-9-4-5-10-25(23)38)27-33-28(35-13-17-41-18-14-35)26-29(34-27)43-30(32-26)31(36-11-6-12-36)37-15-19-42-20-16-37/h1-5,7-10,21,31H,6,11-20H2. The third-order valence-electron chi connectivity index (χ3n) is 8.64. The SMILES string of the molecule is O=S(=O)(c1ccccc1)n1cc(-c2nc(N3CCOCC3)c3nc(C(N4CCC4)N4CCOCC4)sc3n2)c2ccccc21. The molecule has 3 fully saturated rings. The topological polar surface area (TPSA) is 106 Å². The molecule has 5 aromatic rings. The number of hydrogen-bond acceptors (Lipinski definition) is 11. The van der Waals surface area contributed by atoms with Crippen molar-refractivity contribution in [1.29, 1.82) is 0 Å². The fourth-order valence-corrected chi connectivity index (χ4v) is 8.73. The summed E-state index contributed by atoms with van der Waals surface area (Å²) in [4.78, 5) is 23.6. The minimum absolute atomic E-state index is 0.0748. The number of anilines is 1. The van der Waals surface area contributed by atoms with Gasteiger partial charge in [0.05, 0.1) is 36.8 Å². The zero-order valence-electron chi connectivity index (χ0n) is 24.2. The van der Waals surface area contributed by atoms with E-state index >= 15 is 0 Å². The van der Waals surface area contributed by atoms with Crippen molar-refractivity contribution in [2.45, 2.75) is 17.5 Å². The average molecular weight is 632 g/mol. The minimum Gasteiger partial charge on any atom is -0.379 e. The van der Waals surface area contributed by atoms with Gasteiger partial charge in [0.25, 0.3) is 10.0 Å². The van der Waals surface area contributed by atoms with E-state index in [-0.39, 0.29) is 11.1 Å². The van der Waals surface area contributed by atoms with E-state index in [1.807, 2.05) is 30.3 Å². The van der Waals surface area contributed by atoms with Crippen molar-refractivity contribution in [3.8, 4) is 11.4 Å². The first-order valence-corrected chi connectivity index (χ1v) is 17.3. The van der Waals surface area contributed by atoms with Gasteiger partial charge in [0, 0.05) is 56.4 Å². The number of ether oxygens (including phenoxy) is 2. The molecule has 3 aliphatic heterocycles. The maximum Gasteiger partial charge on any atom is 0.268 e. The quantitative estimate of drug-likeness (QED) is 0.263. The normalized spacial score (nSPS) is 19.4. The molecule has 228 valence electrons. The third kappa shape index (κ3) is 4.88. The number of benzene rings is 2. The number of fused-ring (bicyclic) bond motifs is 2. The lowest BCUT2D eigenvalue weighted by Crippen LogP contribution is -2.51. The van der Waals surface area contributed by atoms with Crippen molar-refractivity contribution in [2.75, 3.05) is 70.6 Å². The average Bonchev–Trinajstić information content (AvgIpc) is 3.66. The smallest absolute Gasteiger partial charge is 0.268 e. The molecule has 0 aliphatic carbocycles. The van der Waals surface area contributed by atoms with Crippen LogP contribution < -0.4 is 4.90 Å². The molecule has 0 bridgehead atoms. The Morgan fingerprint density at radius 2 is 1.45 bits per heavy atom. The van der Waals surface area contributed by atoms with Gasteiger partial charge in [-0.15, -0.1) is 0 Å². The predicted molar refractivity (Wildman–Crippen MR) is 170 cm³/mol. The van der Waals surface area contributed by atoms with E-state index in [1.54, 1.807) is 41.8 Å². The van der Waals surface area contributed by atoms with Crippen LogP contribution in [-0.2, 0) is 19.5 Å². The van der Waals surface area contributed by atoms with Crippen LogP contribution in [0.4, 0.5) is 5.82 Å². The Labute approximate surface area is 259 Å². The molecular formula is C31H33N7O4S2. The van der Waals surface area contributed by atoms with E-state index in [9.17, 15) is 8.42 Å². The second-order valence-electron chi connectivity index (χ2n) is 11.3. The lowest BCUT2D eigenvalue weighted by molar-refractivity contribution is -0.0546. The number of rotatable bonds is 7. The molecule has 0 N–H and O–H groups in total. The van der Waals surface area contributed by atoms with Crippen molar-refractivity contribution in [3.63, 3.8) is 0 Å². The number of morpholine rings is 2. The van der Waals surface area contributed by atoms with Gasteiger partial charge >= 0.3 is 0 Å². The van der Waals surface area contributed by atoms with Crippen molar-refractivity contribution < 1.29 is 17.9 Å². The molecule has 3 aliphatic rings. The summed E-state index contributed by atoms with van der Waals surface area (Å²) in [5.41, 5.74) is 2.03. The molecule has 11 nitrogen and oxygen atoms in total. The maximum atomic E-state index is 13.8. The zero-order chi connectivity index (χ0) is 29.7. The first-order valence-electron chi connectivity index (χ1n) is 15.1. The van der Waals surface area contributed by atoms with Crippen LogP contribution in [0.1, 0.15) is 17.6 Å². The highest BCUT2D eigenvalue weighted by Gasteiger charge is 2.35.